The van der Waals surface area contributed by atoms with Crippen LogP contribution >= 0.6 is 0 Å². The molecular weight excluding hydrogens is 328 g/mol. The molecule has 1 amide bonds. The molecule has 2 atom stereocenters. The van der Waals surface area contributed by atoms with E-state index in [0.717, 1.165) is 44.3 Å². The minimum absolute atomic E-state index is 0.105. The number of likely N-dealkylation sites (tertiary alicyclic amines) is 1. The number of hydrogen-bond donors (Lipinski definition) is 1. The van der Waals surface area contributed by atoms with Crippen LogP contribution in [0.25, 0.3) is 0 Å². The van der Waals surface area contributed by atoms with E-state index in [2.05, 4.69) is 43.0 Å². The van der Waals surface area contributed by atoms with Crippen LogP contribution in [0.15, 0.2) is 24.3 Å². The first-order valence-corrected chi connectivity index (χ1v) is 9.73. The molecule has 1 aliphatic carbocycles. The second-order valence-corrected chi connectivity index (χ2v) is 8.02. The Morgan fingerprint density at radius 3 is 2.65 bits per heavy atom. The van der Waals surface area contributed by atoms with Gasteiger partial charge in [-0.2, -0.15) is 0 Å². The Morgan fingerprint density at radius 1 is 1.31 bits per heavy atom. The van der Waals surface area contributed by atoms with Crippen molar-refractivity contribution in [2.24, 2.45) is 11.3 Å². The number of carboxylic acids is 1. The van der Waals surface area contributed by atoms with Gasteiger partial charge in [-0.05, 0) is 37.7 Å². The first-order chi connectivity index (χ1) is 12.4. The fourth-order valence-electron chi connectivity index (χ4n) is 4.63. The number of amides is 1. The Balaban J connectivity index is 1.63. The topological polar surface area (TPSA) is 60.9 Å². The lowest BCUT2D eigenvalue weighted by molar-refractivity contribution is -0.149. The van der Waals surface area contributed by atoms with Gasteiger partial charge in [0, 0.05) is 26.2 Å². The minimum Gasteiger partial charge on any atom is -0.481 e. The highest BCUT2D eigenvalue weighted by Crippen LogP contribution is 2.48. The summed E-state index contributed by atoms with van der Waals surface area (Å²) in [7, 11) is 0. The van der Waals surface area contributed by atoms with Gasteiger partial charge in [0.2, 0.25) is 5.91 Å². The lowest BCUT2D eigenvalue weighted by atomic mass is 9.81. The molecule has 0 aromatic heterocycles. The predicted octanol–water partition coefficient (Wildman–Crippen LogP) is 2.92. The molecule has 5 nitrogen and oxygen atoms in total. The number of carbonyl (C=O) groups is 2. The normalized spacial score (nSPS) is 25.2. The highest BCUT2D eigenvalue weighted by atomic mass is 16.4. The summed E-state index contributed by atoms with van der Waals surface area (Å²) in [5.41, 5.74) is 1.73. The summed E-state index contributed by atoms with van der Waals surface area (Å²) in [5.74, 6) is -0.377. The van der Waals surface area contributed by atoms with Gasteiger partial charge in [-0.15, -0.1) is 0 Å². The molecule has 3 rings (SSSR count). The molecule has 0 spiro atoms. The van der Waals surface area contributed by atoms with E-state index < -0.39 is 11.4 Å². The van der Waals surface area contributed by atoms with Crippen LogP contribution in [-0.4, -0.2) is 53.0 Å². The highest BCUT2D eigenvalue weighted by molar-refractivity contribution is 5.79. The van der Waals surface area contributed by atoms with E-state index in [9.17, 15) is 14.7 Å². The summed E-state index contributed by atoms with van der Waals surface area (Å²) < 4.78 is 0. The SMILES string of the molecule is CCCN(Cc1ccc(C)cc1)C(=O)CN1C[C@@H]2CCC[C@@]2(C(=O)O)C1. The van der Waals surface area contributed by atoms with Gasteiger partial charge in [0.05, 0.1) is 12.0 Å². The van der Waals surface area contributed by atoms with Gasteiger partial charge in [-0.3, -0.25) is 14.5 Å². The smallest absolute Gasteiger partial charge is 0.311 e. The standard InChI is InChI=1S/C21H30N2O3/c1-3-11-23(12-17-8-6-16(2)7-9-17)19(24)14-22-13-18-5-4-10-21(18,15-22)20(25)26/h6-9,18H,3-5,10-15H2,1-2H3,(H,25,26)/t18-,21+/m0/s1. The van der Waals surface area contributed by atoms with Gasteiger partial charge >= 0.3 is 5.97 Å². The van der Waals surface area contributed by atoms with Crippen LogP contribution in [0.2, 0.25) is 0 Å². The third-order valence-electron chi connectivity index (χ3n) is 6.07. The molecular formula is C21H30N2O3. The fraction of sp³-hybridized carbons (Fsp3) is 0.619. The molecule has 0 unspecified atom stereocenters. The Labute approximate surface area is 156 Å². The van der Waals surface area contributed by atoms with E-state index in [1.165, 1.54) is 5.56 Å². The molecule has 1 N–H and O–H groups in total. The Hall–Kier alpha value is -1.88. The Bertz CT molecular complexity index is 658. The summed E-state index contributed by atoms with van der Waals surface area (Å²) in [6, 6.07) is 8.29. The molecule has 2 aliphatic rings. The van der Waals surface area contributed by atoms with Gasteiger partial charge in [0.25, 0.3) is 0 Å². The number of hydrogen-bond acceptors (Lipinski definition) is 3. The van der Waals surface area contributed by atoms with Crippen LogP contribution in [0, 0.1) is 18.3 Å². The summed E-state index contributed by atoms with van der Waals surface area (Å²) >= 11 is 0. The second-order valence-electron chi connectivity index (χ2n) is 8.02. The zero-order valence-corrected chi connectivity index (χ0v) is 15.9. The number of benzene rings is 1. The zero-order chi connectivity index (χ0) is 18.7. The van der Waals surface area contributed by atoms with E-state index in [4.69, 9.17) is 0 Å². The van der Waals surface area contributed by atoms with Crippen molar-refractivity contribution in [2.75, 3.05) is 26.2 Å². The summed E-state index contributed by atoms with van der Waals surface area (Å²) in [6.07, 6.45) is 3.63. The van der Waals surface area contributed by atoms with Crippen LogP contribution in [-0.2, 0) is 16.1 Å². The minimum atomic E-state index is -0.681. The third kappa shape index (κ3) is 3.78. The van der Waals surface area contributed by atoms with Crippen LogP contribution in [0.4, 0.5) is 0 Å². The fourth-order valence-corrected chi connectivity index (χ4v) is 4.63. The first kappa shape index (κ1) is 18.9. The zero-order valence-electron chi connectivity index (χ0n) is 15.9. The molecule has 1 heterocycles. The molecule has 2 fully saturated rings. The molecule has 5 heteroatoms. The van der Waals surface area contributed by atoms with Gasteiger partial charge < -0.3 is 10.0 Å². The van der Waals surface area contributed by atoms with E-state index in [0.29, 0.717) is 19.6 Å². The summed E-state index contributed by atoms with van der Waals surface area (Å²) in [6.45, 7) is 7.07. The van der Waals surface area contributed by atoms with E-state index in [1.807, 2.05) is 4.90 Å². The summed E-state index contributed by atoms with van der Waals surface area (Å²) in [5, 5.41) is 9.71. The summed E-state index contributed by atoms with van der Waals surface area (Å²) in [4.78, 5) is 28.7. The highest BCUT2D eigenvalue weighted by Gasteiger charge is 2.54. The van der Waals surface area contributed by atoms with Crippen molar-refractivity contribution in [1.82, 2.24) is 9.80 Å². The number of aryl methyl sites for hydroxylation is 1. The van der Waals surface area contributed by atoms with Gasteiger partial charge in [-0.25, -0.2) is 0 Å². The van der Waals surface area contributed by atoms with Gasteiger partial charge in [-0.1, -0.05) is 43.2 Å². The molecule has 1 saturated heterocycles. The molecule has 1 saturated carbocycles. The molecule has 1 aromatic rings. The molecule has 0 bridgehead atoms. The maximum Gasteiger partial charge on any atom is 0.311 e. The van der Waals surface area contributed by atoms with Crippen LogP contribution < -0.4 is 0 Å². The molecule has 26 heavy (non-hydrogen) atoms. The number of carboxylic acid groups (broad SMARTS) is 1. The van der Waals surface area contributed by atoms with Crippen molar-refractivity contribution in [2.45, 2.75) is 46.1 Å². The van der Waals surface area contributed by atoms with E-state index >= 15 is 0 Å². The molecule has 142 valence electrons. The van der Waals surface area contributed by atoms with Crippen molar-refractivity contribution in [1.29, 1.82) is 0 Å². The molecule has 0 radical (unpaired) electrons. The number of fused-ring (bicyclic) bond motifs is 1. The maximum atomic E-state index is 12.9. The number of aliphatic carboxylic acids is 1. The van der Waals surface area contributed by atoms with Crippen molar-refractivity contribution < 1.29 is 14.7 Å². The van der Waals surface area contributed by atoms with Crippen LogP contribution in [0.3, 0.4) is 0 Å². The van der Waals surface area contributed by atoms with E-state index in [1.54, 1.807) is 0 Å². The Kier molecular flexibility index (Phi) is 5.66. The van der Waals surface area contributed by atoms with Crippen molar-refractivity contribution >= 4 is 11.9 Å². The van der Waals surface area contributed by atoms with Crippen molar-refractivity contribution in [3.8, 4) is 0 Å². The predicted molar refractivity (Wildman–Crippen MR) is 101 cm³/mol. The van der Waals surface area contributed by atoms with Crippen molar-refractivity contribution in [3.05, 3.63) is 35.4 Å². The van der Waals surface area contributed by atoms with E-state index in [-0.39, 0.29) is 11.8 Å². The average Bonchev–Trinajstić information content (AvgIpc) is 3.14. The molecule has 1 aromatic carbocycles. The lowest BCUT2D eigenvalue weighted by Crippen LogP contribution is -2.41. The first-order valence-electron chi connectivity index (χ1n) is 9.73. The monoisotopic (exact) mass is 358 g/mol. The largest absolute Gasteiger partial charge is 0.481 e. The second kappa shape index (κ2) is 7.78. The Morgan fingerprint density at radius 2 is 2.04 bits per heavy atom. The lowest BCUT2D eigenvalue weighted by Gasteiger charge is -2.26. The van der Waals surface area contributed by atoms with Crippen LogP contribution in [0.5, 0.6) is 0 Å². The number of nitrogens with zero attached hydrogens (tertiary/aromatic N) is 2. The third-order valence-corrected chi connectivity index (χ3v) is 6.07. The van der Waals surface area contributed by atoms with Crippen molar-refractivity contribution in [3.63, 3.8) is 0 Å². The van der Waals surface area contributed by atoms with Gasteiger partial charge in [0.1, 0.15) is 0 Å². The quantitative estimate of drug-likeness (QED) is 0.814. The van der Waals surface area contributed by atoms with Gasteiger partial charge in [0.15, 0.2) is 0 Å². The number of carbonyl (C=O) groups excluding carboxylic acids is 1. The molecule has 1 aliphatic heterocycles. The maximum absolute atomic E-state index is 12.9. The number of rotatable bonds is 7. The van der Waals surface area contributed by atoms with Crippen LogP contribution in [0.1, 0.15) is 43.7 Å². The average molecular weight is 358 g/mol.